The normalized spacial score (nSPS) is 11.3. The lowest BCUT2D eigenvalue weighted by atomic mass is 10.2. The van der Waals surface area contributed by atoms with Crippen LogP contribution in [-0.2, 0) is 12.3 Å². The van der Waals surface area contributed by atoms with Crippen LogP contribution in [0.4, 0.5) is 0 Å². The van der Waals surface area contributed by atoms with Crippen LogP contribution in [0, 0.1) is 0 Å². The zero-order valence-corrected chi connectivity index (χ0v) is 12.6. The Morgan fingerprint density at radius 3 is 2.72 bits per heavy atom. The summed E-state index contributed by atoms with van der Waals surface area (Å²) in [6.45, 7) is 2.54. The van der Waals surface area contributed by atoms with Gasteiger partial charge in [-0.05, 0) is 45.8 Å². The highest BCUT2D eigenvalue weighted by Crippen LogP contribution is 2.13. The number of rotatable bonds is 10. The highest BCUT2D eigenvalue weighted by Gasteiger charge is 2.03. The SMILES string of the molecule is CN(CCCCCO)CCCc1nc(CCl)cs1. The highest BCUT2D eigenvalue weighted by atomic mass is 35.5. The molecule has 104 valence electrons. The summed E-state index contributed by atoms with van der Waals surface area (Å²) in [6, 6.07) is 0. The van der Waals surface area contributed by atoms with Crippen molar-refractivity contribution in [2.45, 2.75) is 38.0 Å². The minimum Gasteiger partial charge on any atom is -0.396 e. The zero-order valence-electron chi connectivity index (χ0n) is 11.1. The maximum absolute atomic E-state index is 8.69. The largest absolute Gasteiger partial charge is 0.396 e. The average molecular weight is 291 g/mol. The van der Waals surface area contributed by atoms with Gasteiger partial charge < -0.3 is 10.0 Å². The van der Waals surface area contributed by atoms with E-state index in [1.807, 2.05) is 5.38 Å². The lowest BCUT2D eigenvalue weighted by Crippen LogP contribution is -2.21. The van der Waals surface area contributed by atoms with E-state index in [2.05, 4.69) is 16.9 Å². The van der Waals surface area contributed by atoms with Crippen LogP contribution in [0.1, 0.15) is 36.4 Å². The van der Waals surface area contributed by atoms with Gasteiger partial charge in [0, 0.05) is 18.4 Å². The van der Waals surface area contributed by atoms with Crippen molar-refractivity contribution in [3.8, 4) is 0 Å². The third-order valence-electron chi connectivity index (χ3n) is 2.86. The predicted molar refractivity (Wildman–Crippen MR) is 78.4 cm³/mol. The van der Waals surface area contributed by atoms with E-state index in [0.29, 0.717) is 12.5 Å². The number of aliphatic hydroxyl groups excluding tert-OH is 1. The van der Waals surface area contributed by atoms with Crippen LogP contribution in [0.2, 0.25) is 0 Å². The fourth-order valence-electron chi connectivity index (χ4n) is 1.81. The van der Waals surface area contributed by atoms with Crippen LogP contribution in [-0.4, -0.2) is 41.7 Å². The fourth-order valence-corrected chi connectivity index (χ4v) is 2.88. The van der Waals surface area contributed by atoms with Crippen LogP contribution in [0.5, 0.6) is 0 Å². The molecule has 18 heavy (non-hydrogen) atoms. The molecule has 0 unspecified atom stereocenters. The third kappa shape index (κ3) is 6.69. The van der Waals surface area contributed by atoms with Crippen LogP contribution in [0.15, 0.2) is 5.38 Å². The van der Waals surface area contributed by atoms with E-state index < -0.39 is 0 Å². The molecule has 0 aliphatic rings. The Morgan fingerprint density at radius 1 is 1.28 bits per heavy atom. The minimum absolute atomic E-state index is 0.316. The molecule has 1 heterocycles. The topological polar surface area (TPSA) is 36.4 Å². The monoisotopic (exact) mass is 290 g/mol. The quantitative estimate of drug-likeness (QED) is 0.532. The smallest absolute Gasteiger partial charge is 0.0929 e. The molecule has 3 nitrogen and oxygen atoms in total. The number of hydrogen-bond acceptors (Lipinski definition) is 4. The van der Waals surface area contributed by atoms with Gasteiger partial charge in [-0.1, -0.05) is 0 Å². The summed E-state index contributed by atoms with van der Waals surface area (Å²) in [5.41, 5.74) is 0.994. The predicted octanol–water partition coefficient (Wildman–Crippen LogP) is 2.91. The van der Waals surface area contributed by atoms with E-state index in [9.17, 15) is 0 Å². The summed E-state index contributed by atoms with van der Waals surface area (Å²) in [7, 11) is 2.16. The van der Waals surface area contributed by atoms with Gasteiger partial charge in [-0.3, -0.25) is 0 Å². The van der Waals surface area contributed by atoms with Gasteiger partial charge in [-0.15, -0.1) is 22.9 Å². The first-order chi connectivity index (χ1) is 8.76. The Kier molecular flexibility index (Phi) is 8.59. The number of aromatic nitrogens is 1. The maximum atomic E-state index is 8.69. The number of halogens is 1. The van der Waals surface area contributed by atoms with Crippen LogP contribution in [0.25, 0.3) is 0 Å². The Hall–Kier alpha value is -0.160. The first kappa shape index (κ1) is 15.9. The highest BCUT2D eigenvalue weighted by molar-refractivity contribution is 7.09. The molecule has 1 rings (SSSR count). The molecule has 0 aliphatic carbocycles. The summed E-state index contributed by atoms with van der Waals surface area (Å²) in [5.74, 6) is 0.515. The van der Waals surface area contributed by atoms with Gasteiger partial charge >= 0.3 is 0 Å². The van der Waals surface area contributed by atoms with E-state index in [1.165, 1.54) is 11.4 Å². The fraction of sp³-hybridized carbons (Fsp3) is 0.769. The molecule has 1 aromatic rings. The number of nitrogens with zero attached hydrogens (tertiary/aromatic N) is 2. The Bertz CT molecular complexity index is 320. The molecule has 1 N–H and O–H groups in total. The van der Waals surface area contributed by atoms with Gasteiger partial charge in [-0.2, -0.15) is 0 Å². The van der Waals surface area contributed by atoms with Gasteiger partial charge in [0.1, 0.15) is 0 Å². The Balaban J connectivity index is 2.05. The molecule has 0 fully saturated rings. The standard InChI is InChI=1S/C13H23ClN2OS/c1-16(7-3-2-4-9-17)8-5-6-13-15-12(10-14)11-18-13/h11,17H,2-10H2,1H3. The van der Waals surface area contributed by atoms with E-state index in [1.54, 1.807) is 11.3 Å². The molecule has 0 saturated heterocycles. The van der Waals surface area contributed by atoms with E-state index in [4.69, 9.17) is 16.7 Å². The second kappa shape index (κ2) is 9.73. The van der Waals surface area contributed by atoms with Crippen molar-refractivity contribution in [3.05, 3.63) is 16.1 Å². The number of thiazole rings is 1. The van der Waals surface area contributed by atoms with E-state index in [-0.39, 0.29) is 0 Å². The van der Waals surface area contributed by atoms with E-state index >= 15 is 0 Å². The molecule has 0 spiro atoms. The average Bonchev–Trinajstić information content (AvgIpc) is 2.83. The van der Waals surface area contributed by atoms with Crippen molar-refractivity contribution in [2.75, 3.05) is 26.7 Å². The lowest BCUT2D eigenvalue weighted by Gasteiger charge is -2.15. The Labute approximate surface area is 119 Å². The van der Waals surface area contributed by atoms with Crippen LogP contribution < -0.4 is 0 Å². The maximum Gasteiger partial charge on any atom is 0.0929 e. The number of unbranched alkanes of at least 4 members (excludes halogenated alkanes) is 2. The number of aliphatic hydroxyl groups is 1. The second-order valence-electron chi connectivity index (χ2n) is 4.56. The molecule has 1 aromatic heterocycles. The minimum atomic E-state index is 0.316. The van der Waals surface area contributed by atoms with Crippen molar-refractivity contribution in [1.29, 1.82) is 0 Å². The summed E-state index contributed by atoms with van der Waals surface area (Å²) in [6.07, 6.45) is 5.40. The zero-order chi connectivity index (χ0) is 13.2. The molecule has 0 radical (unpaired) electrons. The van der Waals surface area contributed by atoms with Crippen molar-refractivity contribution >= 4 is 22.9 Å². The molecule has 0 aromatic carbocycles. The molecular formula is C13H23ClN2OS. The van der Waals surface area contributed by atoms with Crippen molar-refractivity contribution in [1.82, 2.24) is 9.88 Å². The number of aryl methyl sites for hydroxylation is 1. The van der Waals surface area contributed by atoms with Crippen molar-refractivity contribution < 1.29 is 5.11 Å². The number of hydrogen-bond donors (Lipinski definition) is 1. The van der Waals surface area contributed by atoms with Gasteiger partial charge in [0.15, 0.2) is 0 Å². The molecule has 5 heteroatoms. The second-order valence-corrected chi connectivity index (χ2v) is 5.77. The van der Waals surface area contributed by atoms with E-state index in [0.717, 1.165) is 44.5 Å². The first-order valence-electron chi connectivity index (χ1n) is 6.55. The molecule has 0 saturated carbocycles. The van der Waals surface area contributed by atoms with Crippen molar-refractivity contribution in [3.63, 3.8) is 0 Å². The number of alkyl halides is 1. The van der Waals surface area contributed by atoms with Gasteiger partial charge in [-0.25, -0.2) is 4.98 Å². The van der Waals surface area contributed by atoms with Gasteiger partial charge in [0.05, 0.1) is 16.6 Å². The molecular weight excluding hydrogens is 268 g/mol. The molecule has 0 atom stereocenters. The first-order valence-corrected chi connectivity index (χ1v) is 7.96. The summed E-state index contributed by atoms with van der Waals surface area (Å²) >= 11 is 7.43. The molecule has 0 bridgehead atoms. The third-order valence-corrected chi connectivity index (χ3v) is 4.10. The molecule has 0 amide bonds. The summed E-state index contributed by atoms with van der Waals surface area (Å²) < 4.78 is 0. The lowest BCUT2D eigenvalue weighted by molar-refractivity contribution is 0.272. The Morgan fingerprint density at radius 2 is 2.06 bits per heavy atom. The summed E-state index contributed by atoms with van der Waals surface area (Å²) in [4.78, 5) is 6.81. The summed E-state index contributed by atoms with van der Waals surface area (Å²) in [5, 5.41) is 11.9. The van der Waals surface area contributed by atoms with Gasteiger partial charge in [0.25, 0.3) is 0 Å². The van der Waals surface area contributed by atoms with Gasteiger partial charge in [0.2, 0.25) is 0 Å². The van der Waals surface area contributed by atoms with Crippen molar-refractivity contribution in [2.24, 2.45) is 0 Å². The van der Waals surface area contributed by atoms with Crippen LogP contribution in [0.3, 0.4) is 0 Å². The molecule has 0 aliphatic heterocycles. The van der Waals surface area contributed by atoms with Crippen LogP contribution >= 0.6 is 22.9 Å².